The fraction of sp³-hybridized carbons (Fsp3) is 0.400. The number of rotatable bonds is 5. The lowest BCUT2D eigenvalue weighted by atomic mass is 10.0. The third kappa shape index (κ3) is 4.30. The first-order valence-electron chi connectivity index (χ1n) is 11.2. The lowest BCUT2D eigenvalue weighted by molar-refractivity contribution is 0.239. The second-order valence-electron chi connectivity index (χ2n) is 8.57. The first-order chi connectivity index (χ1) is 15.2. The molecule has 0 aliphatic carbocycles. The molecule has 0 spiro atoms. The molecule has 31 heavy (non-hydrogen) atoms. The van der Waals surface area contributed by atoms with Crippen LogP contribution in [0.2, 0.25) is 0 Å². The summed E-state index contributed by atoms with van der Waals surface area (Å²) in [5.41, 5.74) is 4.56. The standard InChI is InChI=1S/C25H28FN5/c1-18-22-7-4-15-31(17-21-6-2-3-13-27-21)25(22)29-24(28-18)23-8-5-14-30(23)16-19-9-11-20(26)12-10-19/h2-3,6,9-13,23H,4-5,7-8,14-17H2,1H3/t23-/m0/s1. The van der Waals surface area contributed by atoms with Gasteiger partial charge >= 0.3 is 0 Å². The Morgan fingerprint density at radius 2 is 1.87 bits per heavy atom. The van der Waals surface area contributed by atoms with Gasteiger partial charge in [-0.1, -0.05) is 18.2 Å². The number of hydrogen-bond donors (Lipinski definition) is 0. The number of hydrogen-bond acceptors (Lipinski definition) is 5. The minimum Gasteiger partial charge on any atom is -0.350 e. The van der Waals surface area contributed by atoms with Gasteiger partial charge in [-0.25, -0.2) is 14.4 Å². The Bertz CT molecular complexity index is 1040. The summed E-state index contributed by atoms with van der Waals surface area (Å²) in [4.78, 5) is 19.4. The van der Waals surface area contributed by atoms with Crippen molar-refractivity contribution in [2.45, 2.75) is 51.7 Å². The Hall–Kier alpha value is -2.86. The van der Waals surface area contributed by atoms with Crippen LogP contribution in [0.1, 0.15) is 53.6 Å². The van der Waals surface area contributed by atoms with Crippen LogP contribution in [0.5, 0.6) is 0 Å². The van der Waals surface area contributed by atoms with Crippen molar-refractivity contribution < 1.29 is 4.39 Å². The molecule has 5 nitrogen and oxygen atoms in total. The van der Waals surface area contributed by atoms with Crippen molar-refractivity contribution in [3.05, 3.63) is 82.8 Å². The largest absolute Gasteiger partial charge is 0.350 e. The predicted octanol–water partition coefficient (Wildman–Crippen LogP) is 4.61. The maximum absolute atomic E-state index is 13.3. The SMILES string of the molecule is Cc1nc([C@@H]2CCCN2Cc2ccc(F)cc2)nc2c1CCCN2Cc1ccccn1. The lowest BCUT2D eigenvalue weighted by Crippen LogP contribution is -2.32. The number of anilines is 1. The third-order valence-corrected chi connectivity index (χ3v) is 6.40. The van der Waals surface area contributed by atoms with Gasteiger partial charge in [-0.05, 0) is 69.0 Å². The van der Waals surface area contributed by atoms with Gasteiger partial charge < -0.3 is 4.90 Å². The van der Waals surface area contributed by atoms with E-state index in [0.717, 1.165) is 80.5 Å². The van der Waals surface area contributed by atoms with E-state index in [4.69, 9.17) is 9.97 Å². The van der Waals surface area contributed by atoms with E-state index in [9.17, 15) is 4.39 Å². The molecule has 5 rings (SSSR count). The van der Waals surface area contributed by atoms with Crippen molar-refractivity contribution in [1.82, 2.24) is 19.9 Å². The van der Waals surface area contributed by atoms with Crippen molar-refractivity contribution in [3.8, 4) is 0 Å². The molecule has 0 saturated carbocycles. The topological polar surface area (TPSA) is 45.2 Å². The Kier molecular flexibility index (Phi) is 5.64. The van der Waals surface area contributed by atoms with Crippen LogP contribution in [0.4, 0.5) is 10.2 Å². The van der Waals surface area contributed by atoms with E-state index in [1.54, 1.807) is 0 Å². The van der Waals surface area contributed by atoms with Gasteiger partial charge in [-0.15, -0.1) is 0 Å². The van der Waals surface area contributed by atoms with E-state index in [1.807, 2.05) is 30.5 Å². The Labute approximate surface area is 183 Å². The summed E-state index contributed by atoms with van der Waals surface area (Å²) in [6.45, 7) is 5.69. The highest BCUT2D eigenvalue weighted by atomic mass is 19.1. The minimum atomic E-state index is -0.191. The Balaban J connectivity index is 1.42. The molecule has 0 radical (unpaired) electrons. The van der Waals surface area contributed by atoms with Gasteiger partial charge in [0.05, 0.1) is 18.3 Å². The molecule has 2 aliphatic heterocycles. The van der Waals surface area contributed by atoms with E-state index < -0.39 is 0 Å². The molecule has 2 aromatic heterocycles. The fourth-order valence-corrected chi connectivity index (χ4v) is 4.83. The maximum Gasteiger partial charge on any atom is 0.148 e. The summed E-state index contributed by atoms with van der Waals surface area (Å²) in [7, 11) is 0. The van der Waals surface area contributed by atoms with E-state index in [-0.39, 0.29) is 11.9 Å². The number of benzene rings is 1. The molecule has 1 aromatic carbocycles. The van der Waals surface area contributed by atoms with Crippen LogP contribution < -0.4 is 4.90 Å². The smallest absolute Gasteiger partial charge is 0.148 e. The quantitative estimate of drug-likeness (QED) is 0.607. The molecule has 1 atom stereocenters. The fourth-order valence-electron chi connectivity index (χ4n) is 4.83. The predicted molar refractivity (Wildman–Crippen MR) is 119 cm³/mol. The van der Waals surface area contributed by atoms with Crippen LogP contribution in [0.15, 0.2) is 48.7 Å². The number of likely N-dealkylation sites (tertiary alicyclic amines) is 1. The Morgan fingerprint density at radius 3 is 2.68 bits per heavy atom. The summed E-state index contributed by atoms with van der Waals surface area (Å²) in [6.07, 6.45) is 6.18. The summed E-state index contributed by atoms with van der Waals surface area (Å²) >= 11 is 0. The van der Waals surface area contributed by atoms with Crippen molar-refractivity contribution in [2.24, 2.45) is 0 Å². The molecule has 160 valence electrons. The zero-order valence-corrected chi connectivity index (χ0v) is 18.0. The molecule has 0 bridgehead atoms. The lowest BCUT2D eigenvalue weighted by Gasteiger charge is -2.32. The van der Waals surface area contributed by atoms with Crippen molar-refractivity contribution in [2.75, 3.05) is 18.0 Å². The summed E-state index contributed by atoms with van der Waals surface area (Å²) in [6, 6.07) is 13.1. The van der Waals surface area contributed by atoms with Crippen LogP contribution in [-0.4, -0.2) is 32.9 Å². The van der Waals surface area contributed by atoms with Crippen LogP contribution >= 0.6 is 0 Å². The van der Waals surface area contributed by atoms with Crippen molar-refractivity contribution >= 4 is 5.82 Å². The zero-order chi connectivity index (χ0) is 21.2. The molecular weight excluding hydrogens is 389 g/mol. The zero-order valence-electron chi connectivity index (χ0n) is 18.0. The first kappa shape index (κ1) is 20.1. The molecular formula is C25H28FN5. The first-order valence-corrected chi connectivity index (χ1v) is 11.2. The summed E-state index contributed by atoms with van der Waals surface area (Å²) in [5.74, 6) is 1.81. The van der Waals surface area contributed by atoms with Gasteiger partial charge in [0, 0.05) is 30.5 Å². The molecule has 1 fully saturated rings. The van der Waals surface area contributed by atoms with E-state index >= 15 is 0 Å². The Morgan fingerprint density at radius 1 is 1.00 bits per heavy atom. The molecule has 0 N–H and O–H groups in total. The van der Waals surface area contributed by atoms with Crippen LogP contribution in [-0.2, 0) is 19.5 Å². The highest BCUT2D eigenvalue weighted by Crippen LogP contribution is 2.35. The molecule has 0 unspecified atom stereocenters. The van der Waals surface area contributed by atoms with Gasteiger partial charge in [0.1, 0.15) is 17.5 Å². The molecule has 4 heterocycles. The number of nitrogens with zero attached hydrogens (tertiary/aromatic N) is 5. The maximum atomic E-state index is 13.3. The highest BCUT2D eigenvalue weighted by Gasteiger charge is 2.31. The normalized spacial score (nSPS) is 18.9. The van der Waals surface area contributed by atoms with Crippen molar-refractivity contribution in [1.29, 1.82) is 0 Å². The average molecular weight is 418 g/mol. The number of fused-ring (bicyclic) bond motifs is 1. The number of pyridine rings is 1. The van der Waals surface area contributed by atoms with Gasteiger partial charge in [-0.2, -0.15) is 0 Å². The second kappa shape index (κ2) is 8.71. The average Bonchev–Trinajstić information content (AvgIpc) is 3.25. The van der Waals surface area contributed by atoms with E-state index in [2.05, 4.69) is 27.8 Å². The molecule has 1 saturated heterocycles. The van der Waals surface area contributed by atoms with Gasteiger partial charge in [0.2, 0.25) is 0 Å². The monoisotopic (exact) mass is 417 g/mol. The molecule has 2 aliphatic rings. The molecule has 3 aromatic rings. The highest BCUT2D eigenvalue weighted by molar-refractivity contribution is 5.51. The van der Waals surface area contributed by atoms with E-state index in [1.165, 1.54) is 17.7 Å². The van der Waals surface area contributed by atoms with Crippen LogP contribution in [0, 0.1) is 12.7 Å². The van der Waals surface area contributed by atoms with Crippen LogP contribution in [0.25, 0.3) is 0 Å². The van der Waals surface area contributed by atoms with Crippen molar-refractivity contribution in [3.63, 3.8) is 0 Å². The summed E-state index contributed by atoms with van der Waals surface area (Å²) < 4.78 is 13.3. The number of aromatic nitrogens is 3. The summed E-state index contributed by atoms with van der Waals surface area (Å²) in [5, 5.41) is 0. The van der Waals surface area contributed by atoms with Gasteiger partial charge in [0.25, 0.3) is 0 Å². The number of aryl methyl sites for hydroxylation is 1. The number of halogens is 1. The van der Waals surface area contributed by atoms with Crippen LogP contribution in [0.3, 0.4) is 0 Å². The molecule has 0 amide bonds. The van der Waals surface area contributed by atoms with Gasteiger partial charge in [0.15, 0.2) is 0 Å². The van der Waals surface area contributed by atoms with Gasteiger partial charge in [-0.3, -0.25) is 9.88 Å². The molecule has 6 heteroatoms. The minimum absolute atomic E-state index is 0.191. The van der Waals surface area contributed by atoms with E-state index in [0.29, 0.717) is 0 Å². The third-order valence-electron chi connectivity index (χ3n) is 6.40. The second-order valence-corrected chi connectivity index (χ2v) is 8.57.